The van der Waals surface area contributed by atoms with Gasteiger partial charge in [0.2, 0.25) is 0 Å². The zero-order valence-corrected chi connectivity index (χ0v) is 13.5. The van der Waals surface area contributed by atoms with Crippen molar-refractivity contribution in [3.8, 4) is 60.2 Å². The third-order valence-corrected chi connectivity index (χ3v) is 3.05. The molecule has 0 N–H and O–H groups in total. The minimum Gasteiger partial charge on any atom is -0.299 e. The van der Waals surface area contributed by atoms with E-state index in [1.807, 2.05) is 18.5 Å². The maximum Gasteiger partial charge on any atom is 0.0360 e. The first-order valence-corrected chi connectivity index (χ1v) is 7.01. The van der Waals surface area contributed by atoms with Crippen LogP contribution < -0.4 is 0 Å². The molecule has 24 heavy (non-hydrogen) atoms. The Kier molecular flexibility index (Phi) is 12.1. The van der Waals surface area contributed by atoms with Crippen LogP contribution in [-0.4, -0.2) is 23.5 Å². The van der Waals surface area contributed by atoms with Gasteiger partial charge in [0, 0.05) is 37.8 Å². The molecule has 4 heteroatoms. The van der Waals surface area contributed by atoms with Crippen molar-refractivity contribution >= 4 is 0 Å². The molecular formula is C20H28N4. The minimum atomic E-state index is 0. The second-order valence-electron chi connectivity index (χ2n) is 4.46. The van der Waals surface area contributed by atoms with Gasteiger partial charge in [-0.1, -0.05) is 6.07 Å². The van der Waals surface area contributed by atoms with Crippen molar-refractivity contribution in [1.29, 1.82) is 10.8 Å². The lowest BCUT2D eigenvalue weighted by atomic mass is 10.1. The third kappa shape index (κ3) is 8.58. The predicted molar refractivity (Wildman–Crippen MR) is 106 cm³/mol. The number of hydrogen-bond acceptors (Lipinski definition) is 4. The molecule has 0 amide bonds. The van der Waals surface area contributed by atoms with Gasteiger partial charge in [0.25, 0.3) is 0 Å². The van der Waals surface area contributed by atoms with Crippen LogP contribution in [0.2, 0.25) is 0 Å². The summed E-state index contributed by atoms with van der Waals surface area (Å²) in [5.41, 5.74) is 1.36. The average Bonchev–Trinajstić information content (AvgIpc) is 3.07. The fraction of sp³-hybridized carbons (Fsp3) is 0.250. The molecule has 128 valence electrons. The van der Waals surface area contributed by atoms with Gasteiger partial charge in [0.15, 0.2) is 0 Å². The molecule has 0 radical (unpaired) electrons. The number of rotatable bonds is 1. The summed E-state index contributed by atoms with van der Waals surface area (Å²) in [6, 6.07) is 4.79. The standard InChI is InChI=1S/C10H14N2.C10H2.N2.6H2/c1-12-7-3-5-10(12)9-4-2-6-11-8-9;1-3-5-7-9-10-8-6-4-2;1-2;;;;;;/h2,4,6,8,10H,3,5,7H2,1H3;1-2H;;6*1H. The SMILES string of the molecule is C#CC#CC#CC#CC#C.CN1CCCC1c1cccnc1.N#N.[HH].[HH].[HH].[HH].[HH].[HH]. The Bertz CT molecular complexity index is 760. The Balaban J connectivity index is -0.0000000556. The first kappa shape index (κ1) is 20.3. The van der Waals surface area contributed by atoms with Gasteiger partial charge in [-0.05, 0) is 85.4 Å². The fourth-order valence-electron chi connectivity index (χ4n) is 2.10. The third-order valence-electron chi connectivity index (χ3n) is 3.05. The molecule has 0 aliphatic carbocycles. The molecule has 1 saturated heterocycles. The molecule has 1 atom stereocenters. The number of hydrogen-bond donors (Lipinski definition) is 0. The van der Waals surface area contributed by atoms with E-state index in [1.54, 1.807) is 0 Å². The minimum absolute atomic E-state index is 0. The van der Waals surface area contributed by atoms with Crippen LogP contribution in [0.25, 0.3) is 0 Å². The molecule has 4 nitrogen and oxygen atoms in total. The van der Waals surface area contributed by atoms with Crippen molar-refractivity contribution < 1.29 is 8.56 Å². The lowest BCUT2D eigenvalue weighted by Gasteiger charge is -2.18. The van der Waals surface area contributed by atoms with Crippen molar-refractivity contribution in [2.75, 3.05) is 13.6 Å². The van der Waals surface area contributed by atoms with Gasteiger partial charge in [0.1, 0.15) is 0 Å². The quantitative estimate of drug-likeness (QED) is 0.584. The maximum atomic E-state index is 6.00. The number of pyridine rings is 1. The second-order valence-corrected chi connectivity index (χ2v) is 4.46. The largest absolute Gasteiger partial charge is 0.299 e. The van der Waals surface area contributed by atoms with E-state index in [1.165, 1.54) is 24.9 Å². The first-order valence-electron chi connectivity index (χ1n) is 7.01. The molecule has 2 heterocycles. The summed E-state index contributed by atoms with van der Waals surface area (Å²) in [5.74, 6) is 18.4. The lowest BCUT2D eigenvalue weighted by molar-refractivity contribution is 0.317. The highest BCUT2D eigenvalue weighted by Gasteiger charge is 2.21. The van der Waals surface area contributed by atoms with Crippen LogP contribution in [-0.2, 0) is 0 Å². The molecule has 1 aromatic heterocycles. The summed E-state index contributed by atoms with van der Waals surface area (Å²) in [6.07, 6.45) is 16.0. The molecule has 1 aliphatic heterocycles. The molecule has 1 aromatic rings. The highest BCUT2D eigenvalue weighted by atomic mass is 15.1. The topological polar surface area (TPSA) is 63.7 Å². The van der Waals surface area contributed by atoms with Gasteiger partial charge in [0.05, 0.1) is 0 Å². The summed E-state index contributed by atoms with van der Waals surface area (Å²) >= 11 is 0. The van der Waals surface area contributed by atoms with Crippen LogP contribution in [0, 0.1) is 71.0 Å². The van der Waals surface area contributed by atoms with E-state index in [0.717, 1.165) is 0 Å². The van der Waals surface area contributed by atoms with Gasteiger partial charge in [-0.2, -0.15) is 0 Å². The first-order chi connectivity index (χ1) is 11.8. The zero-order valence-electron chi connectivity index (χ0n) is 13.5. The number of likely N-dealkylation sites (tertiary alicyclic amines) is 1. The zero-order chi connectivity index (χ0) is 18.0. The van der Waals surface area contributed by atoms with E-state index in [9.17, 15) is 0 Å². The summed E-state index contributed by atoms with van der Waals surface area (Å²) in [4.78, 5) is 6.54. The molecule has 0 aromatic carbocycles. The Morgan fingerprint density at radius 2 is 1.71 bits per heavy atom. The van der Waals surface area contributed by atoms with Crippen LogP contribution in [0.5, 0.6) is 0 Å². The average molecular weight is 324 g/mol. The monoisotopic (exact) mass is 324 g/mol. The van der Waals surface area contributed by atoms with E-state index in [4.69, 9.17) is 23.6 Å². The molecule has 0 bridgehead atoms. The van der Waals surface area contributed by atoms with E-state index >= 15 is 0 Å². The van der Waals surface area contributed by atoms with E-state index in [0.29, 0.717) is 6.04 Å². The summed E-state index contributed by atoms with van der Waals surface area (Å²) in [7, 11) is 2.19. The lowest BCUT2D eigenvalue weighted by Crippen LogP contribution is -2.17. The predicted octanol–water partition coefficient (Wildman–Crippen LogP) is 3.62. The Morgan fingerprint density at radius 3 is 2.12 bits per heavy atom. The normalized spacial score (nSPS) is 13.8. The fourth-order valence-corrected chi connectivity index (χ4v) is 2.10. The number of nitrogens with zero attached hydrogens (tertiary/aromatic N) is 4. The number of aromatic nitrogens is 1. The Hall–Kier alpha value is -3.67. The van der Waals surface area contributed by atoms with Crippen molar-refractivity contribution in [2.24, 2.45) is 0 Å². The summed E-state index contributed by atoms with van der Waals surface area (Å²) in [5, 5.41) is 12.0. The Labute approximate surface area is 153 Å². The molecule has 0 saturated carbocycles. The molecule has 1 fully saturated rings. The maximum absolute atomic E-state index is 6.00. The smallest absolute Gasteiger partial charge is 0.0360 e. The van der Waals surface area contributed by atoms with Gasteiger partial charge in [-0.25, -0.2) is 0 Å². The van der Waals surface area contributed by atoms with Crippen LogP contribution in [0.4, 0.5) is 0 Å². The van der Waals surface area contributed by atoms with Crippen LogP contribution in [0.1, 0.15) is 33.0 Å². The summed E-state index contributed by atoms with van der Waals surface area (Å²) in [6.45, 7) is 1.22. The molecule has 1 unspecified atom stereocenters. The van der Waals surface area contributed by atoms with E-state index in [-0.39, 0.29) is 8.56 Å². The van der Waals surface area contributed by atoms with Crippen LogP contribution in [0.3, 0.4) is 0 Å². The van der Waals surface area contributed by atoms with Gasteiger partial charge < -0.3 is 0 Å². The van der Waals surface area contributed by atoms with Crippen molar-refractivity contribution in [3.63, 3.8) is 0 Å². The highest BCUT2D eigenvalue weighted by Crippen LogP contribution is 2.29. The van der Waals surface area contributed by atoms with Gasteiger partial charge in [-0.3, -0.25) is 9.88 Å². The molecule has 0 spiro atoms. The van der Waals surface area contributed by atoms with Crippen molar-refractivity contribution in [1.82, 2.24) is 9.88 Å². The van der Waals surface area contributed by atoms with Crippen LogP contribution >= 0.6 is 0 Å². The van der Waals surface area contributed by atoms with Crippen molar-refractivity contribution in [3.05, 3.63) is 30.1 Å². The number of terminal acetylenes is 2. The Morgan fingerprint density at radius 1 is 1.12 bits per heavy atom. The highest BCUT2D eigenvalue weighted by molar-refractivity contribution is 5.41. The van der Waals surface area contributed by atoms with Crippen molar-refractivity contribution in [2.45, 2.75) is 18.9 Å². The van der Waals surface area contributed by atoms with Crippen LogP contribution in [0.15, 0.2) is 24.5 Å². The molecular weight excluding hydrogens is 296 g/mol. The van der Waals surface area contributed by atoms with Gasteiger partial charge >= 0.3 is 0 Å². The summed E-state index contributed by atoms with van der Waals surface area (Å²) < 4.78 is 0. The van der Waals surface area contributed by atoms with E-state index < -0.39 is 0 Å². The second kappa shape index (κ2) is 14.3. The molecule has 2 rings (SSSR count). The van der Waals surface area contributed by atoms with Gasteiger partial charge in [-0.15, -0.1) is 12.8 Å². The van der Waals surface area contributed by atoms with E-state index in [2.05, 4.69) is 70.4 Å². The molecule has 1 aliphatic rings.